The van der Waals surface area contributed by atoms with Gasteiger partial charge in [-0.3, -0.25) is 4.79 Å². The zero-order valence-electron chi connectivity index (χ0n) is 9.57. The van der Waals surface area contributed by atoms with Crippen molar-refractivity contribution >= 4 is 23.1 Å². The number of hydrogen-bond donors (Lipinski definition) is 3. The van der Waals surface area contributed by atoms with Crippen molar-refractivity contribution in [3.63, 3.8) is 0 Å². The Labute approximate surface area is 102 Å². The minimum Gasteiger partial charge on any atom is -0.338 e. The molecule has 2 heterocycles. The highest BCUT2D eigenvalue weighted by molar-refractivity contribution is 6.11. The summed E-state index contributed by atoms with van der Waals surface area (Å²) in [6.07, 6.45) is 0. The second-order valence-corrected chi connectivity index (χ2v) is 4.02. The number of amides is 1. The number of aryl methyl sites for hydroxylation is 1. The molecular weight excluding hydrogens is 232 g/mol. The Balaban J connectivity index is 2.26. The maximum absolute atomic E-state index is 12.1. The summed E-state index contributed by atoms with van der Waals surface area (Å²) in [5.41, 5.74) is 1.73. The summed E-state index contributed by atoms with van der Waals surface area (Å²) in [6.45, 7) is 1.67. The van der Waals surface area contributed by atoms with E-state index < -0.39 is 5.69 Å². The van der Waals surface area contributed by atoms with Gasteiger partial charge in [0.2, 0.25) is 0 Å². The third-order valence-electron chi connectivity index (χ3n) is 2.77. The van der Waals surface area contributed by atoms with Crippen LogP contribution in [-0.2, 0) is 0 Å². The smallest absolute Gasteiger partial charge is 0.338 e. The average molecular weight is 242 g/mol. The first-order valence-corrected chi connectivity index (χ1v) is 5.43. The normalized spacial score (nSPS) is 12.8. The summed E-state index contributed by atoms with van der Waals surface area (Å²) in [7, 11) is 0. The van der Waals surface area contributed by atoms with Crippen molar-refractivity contribution in [2.24, 2.45) is 0 Å². The third kappa shape index (κ3) is 1.55. The number of aromatic amines is 1. The standard InChI is InChI=1S/C12H10N4O2/c1-6-9-10(16-12(18)13-6)14-7-4-2-3-5-8(7)15-11(9)17/h2-5H,1H3,(H,15,17)(H2,13,14,16,18). The first kappa shape index (κ1) is 10.5. The molecule has 3 N–H and O–H groups in total. The quantitative estimate of drug-likeness (QED) is 0.651. The number of carbonyl (C=O) groups excluding carboxylic acids is 1. The van der Waals surface area contributed by atoms with Gasteiger partial charge in [0.25, 0.3) is 5.91 Å². The lowest BCUT2D eigenvalue weighted by Crippen LogP contribution is -2.20. The van der Waals surface area contributed by atoms with Crippen LogP contribution in [0.1, 0.15) is 16.1 Å². The molecule has 0 spiro atoms. The Morgan fingerprint density at radius 2 is 1.72 bits per heavy atom. The maximum Gasteiger partial charge on any atom is 0.347 e. The van der Waals surface area contributed by atoms with E-state index in [2.05, 4.69) is 20.6 Å². The molecule has 18 heavy (non-hydrogen) atoms. The van der Waals surface area contributed by atoms with Gasteiger partial charge in [-0.05, 0) is 19.1 Å². The molecule has 0 atom stereocenters. The summed E-state index contributed by atoms with van der Waals surface area (Å²) in [5.74, 6) is -0.0117. The molecule has 0 unspecified atom stereocenters. The van der Waals surface area contributed by atoms with Crippen LogP contribution in [0.15, 0.2) is 29.1 Å². The van der Waals surface area contributed by atoms with Crippen molar-refractivity contribution in [3.05, 3.63) is 46.0 Å². The Kier molecular flexibility index (Phi) is 2.16. The number of fused-ring (bicyclic) bond motifs is 2. The number of rotatable bonds is 0. The van der Waals surface area contributed by atoms with E-state index >= 15 is 0 Å². The van der Waals surface area contributed by atoms with Gasteiger partial charge in [-0.2, -0.15) is 4.98 Å². The molecule has 1 aromatic carbocycles. The fraction of sp³-hybridized carbons (Fsp3) is 0.0833. The fourth-order valence-corrected chi connectivity index (χ4v) is 1.97. The molecule has 1 aromatic heterocycles. The Morgan fingerprint density at radius 1 is 1.06 bits per heavy atom. The molecule has 3 rings (SSSR count). The molecule has 0 radical (unpaired) electrons. The molecule has 6 heteroatoms. The topological polar surface area (TPSA) is 86.9 Å². The number of benzene rings is 1. The lowest BCUT2D eigenvalue weighted by atomic mass is 10.2. The van der Waals surface area contributed by atoms with Crippen LogP contribution in [0.4, 0.5) is 17.2 Å². The molecule has 6 nitrogen and oxygen atoms in total. The summed E-state index contributed by atoms with van der Waals surface area (Å²) in [5, 5.41) is 5.78. The van der Waals surface area contributed by atoms with Gasteiger partial charge in [0.1, 0.15) is 5.56 Å². The van der Waals surface area contributed by atoms with Gasteiger partial charge in [-0.25, -0.2) is 4.79 Å². The number of anilines is 3. The second-order valence-electron chi connectivity index (χ2n) is 4.02. The van der Waals surface area contributed by atoms with Gasteiger partial charge in [-0.1, -0.05) is 12.1 Å². The van der Waals surface area contributed by atoms with Crippen molar-refractivity contribution in [2.45, 2.75) is 6.92 Å². The number of carbonyl (C=O) groups is 1. The van der Waals surface area contributed by atoms with Crippen molar-refractivity contribution in [3.8, 4) is 0 Å². The first-order chi connectivity index (χ1) is 8.65. The number of aromatic nitrogens is 2. The molecule has 1 aliphatic heterocycles. The van der Waals surface area contributed by atoms with Crippen LogP contribution in [0.3, 0.4) is 0 Å². The van der Waals surface area contributed by atoms with E-state index in [1.165, 1.54) is 0 Å². The van der Waals surface area contributed by atoms with E-state index in [9.17, 15) is 9.59 Å². The fourth-order valence-electron chi connectivity index (χ4n) is 1.97. The first-order valence-electron chi connectivity index (χ1n) is 5.43. The molecule has 1 aliphatic rings. The van der Waals surface area contributed by atoms with Crippen LogP contribution in [0.25, 0.3) is 0 Å². The zero-order valence-corrected chi connectivity index (χ0v) is 9.57. The zero-order chi connectivity index (χ0) is 12.7. The van der Waals surface area contributed by atoms with Crippen molar-refractivity contribution < 1.29 is 4.79 Å². The second kappa shape index (κ2) is 3.69. The molecule has 0 bridgehead atoms. The van der Waals surface area contributed by atoms with Crippen LogP contribution in [0, 0.1) is 6.92 Å². The van der Waals surface area contributed by atoms with Gasteiger partial charge in [0, 0.05) is 5.69 Å². The highest BCUT2D eigenvalue weighted by Gasteiger charge is 2.22. The maximum atomic E-state index is 12.1. The lowest BCUT2D eigenvalue weighted by Gasteiger charge is -2.07. The Hall–Kier alpha value is -2.63. The molecular formula is C12H10N4O2. The number of para-hydroxylation sites is 2. The predicted octanol–water partition coefficient (Wildman–Crippen LogP) is 1.39. The van der Waals surface area contributed by atoms with Gasteiger partial charge >= 0.3 is 5.69 Å². The Bertz CT molecular complexity index is 705. The summed E-state index contributed by atoms with van der Waals surface area (Å²) < 4.78 is 0. The van der Waals surface area contributed by atoms with Crippen LogP contribution in [0.5, 0.6) is 0 Å². The molecule has 0 saturated heterocycles. The van der Waals surface area contributed by atoms with E-state index in [1.807, 2.05) is 18.2 Å². The average Bonchev–Trinajstić information content (AvgIpc) is 2.43. The van der Waals surface area contributed by atoms with Gasteiger partial charge < -0.3 is 15.6 Å². The van der Waals surface area contributed by atoms with E-state index in [4.69, 9.17) is 0 Å². The molecule has 90 valence electrons. The van der Waals surface area contributed by atoms with Crippen LogP contribution in [-0.4, -0.2) is 15.9 Å². The SMILES string of the molecule is Cc1[nH]c(=O)nc2c1C(=O)Nc1ccccc1N2. The predicted molar refractivity (Wildman–Crippen MR) is 67.3 cm³/mol. The Morgan fingerprint density at radius 3 is 2.44 bits per heavy atom. The summed E-state index contributed by atoms with van der Waals surface area (Å²) in [6, 6.07) is 7.25. The largest absolute Gasteiger partial charge is 0.347 e. The number of nitrogens with zero attached hydrogens (tertiary/aromatic N) is 1. The number of hydrogen-bond acceptors (Lipinski definition) is 4. The van der Waals surface area contributed by atoms with Crippen LogP contribution >= 0.6 is 0 Å². The summed E-state index contributed by atoms with van der Waals surface area (Å²) >= 11 is 0. The highest BCUT2D eigenvalue weighted by atomic mass is 16.2. The summed E-state index contributed by atoms with van der Waals surface area (Å²) in [4.78, 5) is 29.8. The minimum atomic E-state index is -0.481. The lowest BCUT2D eigenvalue weighted by molar-refractivity contribution is 0.102. The van der Waals surface area contributed by atoms with Crippen LogP contribution < -0.4 is 16.3 Å². The molecule has 1 amide bonds. The highest BCUT2D eigenvalue weighted by Crippen LogP contribution is 2.30. The monoisotopic (exact) mass is 242 g/mol. The molecule has 0 saturated carbocycles. The van der Waals surface area contributed by atoms with Gasteiger partial charge in [0.15, 0.2) is 5.82 Å². The minimum absolute atomic E-state index is 0.277. The number of H-pyrrole nitrogens is 1. The molecule has 0 aliphatic carbocycles. The number of nitrogens with one attached hydrogen (secondary N) is 3. The van der Waals surface area contributed by atoms with E-state index in [1.54, 1.807) is 13.0 Å². The van der Waals surface area contributed by atoms with Crippen molar-refractivity contribution in [1.82, 2.24) is 9.97 Å². The molecule has 0 fully saturated rings. The van der Waals surface area contributed by atoms with E-state index in [-0.39, 0.29) is 11.7 Å². The van der Waals surface area contributed by atoms with Gasteiger partial charge in [0.05, 0.1) is 11.4 Å². The van der Waals surface area contributed by atoms with E-state index in [0.29, 0.717) is 22.6 Å². The van der Waals surface area contributed by atoms with Gasteiger partial charge in [-0.15, -0.1) is 0 Å². The molecule has 2 aromatic rings. The third-order valence-corrected chi connectivity index (χ3v) is 2.77. The van der Waals surface area contributed by atoms with Crippen molar-refractivity contribution in [1.29, 1.82) is 0 Å². The van der Waals surface area contributed by atoms with Crippen molar-refractivity contribution in [2.75, 3.05) is 10.6 Å². The van der Waals surface area contributed by atoms with Crippen LogP contribution in [0.2, 0.25) is 0 Å². The van der Waals surface area contributed by atoms with E-state index in [0.717, 1.165) is 0 Å².